The largest absolute Gasteiger partial charge is 0.492 e. The lowest BCUT2D eigenvalue weighted by Gasteiger charge is -2.12. The van der Waals surface area contributed by atoms with E-state index in [0.29, 0.717) is 31.0 Å². The Labute approximate surface area is 145 Å². The molecule has 0 atom stereocenters. The molecular formula is C18H21BrN2O2. The van der Waals surface area contributed by atoms with Crippen molar-refractivity contribution in [2.24, 2.45) is 0 Å². The van der Waals surface area contributed by atoms with Crippen molar-refractivity contribution in [1.29, 1.82) is 0 Å². The molecule has 2 aromatic carbocycles. The summed E-state index contributed by atoms with van der Waals surface area (Å²) >= 11 is 3.50. The fraction of sp³-hybridized carbons (Fsp3) is 0.278. The van der Waals surface area contributed by atoms with E-state index in [-0.39, 0.29) is 5.91 Å². The fourth-order valence-corrected chi connectivity index (χ4v) is 2.47. The van der Waals surface area contributed by atoms with Crippen molar-refractivity contribution in [3.05, 3.63) is 52.5 Å². The van der Waals surface area contributed by atoms with E-state index in [4.69, 9.17) is 4.74 Å². The Bertz CT molecular complexity index is 674. The molecule has 23 heavy (non-hydrogen) atoms. The van der Waals surface area contributed by atoms with E-state index in [1.807, 2.05) is 56.3 Å². The Morgan fingerprint density at radius 2 is 2.00 bits per heavy atom. The molecule has 4 nitrogen and oxygen atoms in total. The minimum Gasteiger partial charge on any atom is -0.492 e. The third kappa shape index (κ3) is 5.28. The van der Waals surface area contributed by atoms with Crippen LogP contribution in [0.4, 0.5) is 11.4 Å². The minimum absolute atomic E-state index is 0.0455. The summed E-state index contributed by atoms with van der Waals surface area (Å²) in [5.41, 5.74) is 2.88. The number of carbonyl (C=O) groups is 1. The SMILES string of the molecule is CCOc1ccccc1NC(=O)CCNc1ccc(C)c(Br)c1. The lowest BCUT2D eigenvalue weighted by Crippen LogP contribution is -2.16. The first-order valence-electron chi connectivity index (χ1n) is 7.62. The minimum atomic E-state index is -0.0455. The van der Waals surface area contributed by atoms with Gasteiger partial charge in [0, 0.05) is 23.1 Å². The Kier molecular flexibility index (Phi) is 6.47. The number of aryl methyl sites for hydroxylation is 1. The van der Waals surface area contributed by atoms with Crippen molar-refractivity contribution in [1.82, 2.24) is 0 Å². The van der Waals surface area contributed by atoms with Crippen LogP contribution in [0.2, 0.25) is 0 Å². The van der Waals surface area contributed by atoms with Crippen LogP contribution >= 0.6 is 15.9 Å². The van der Waals surface area contributed by atoms with Gasteiger partial charge in [0.1, 0.15) is 5.75 Å². The van der Waals surface area contributed by atoms with Gasteiger partial charge in [0.15, 0.2) is 0 Å². The average Bonchev–Trinajstić information content (AvgIpc) is 2.53. The third-order valence-corrected chi connectivity index (χ3v) is 4.17. The molecule has 0 spiro atoms. The Hall–Kier alpha value is -2.01. The standard InChI is InChI=1S/C18H21BrN2O2/c1-3-23-17-7-5-4-6-16(17)21-18(22)10-11-20-14-9-8-13(2)15(19)12-14/h4-9,12,20H,3,10-11H2,1-2H3,(H,21,22). The molecule has 0 saturated carbocycles. The molecule has 0 aliphatic rings. The second kappa shape index (κ2) is 8.58. The lowest BCUT2D eigenvalue weighted by atomic mass is 10.2. The third-order valence-electron chi connectivity index (χ3n) is 3.31. The van der Waals surface area contributed by atoms with Crippen LogP contribution in [0.5, 0.6) is 5.75 Å². The number of anilines is 2. The first-order chi connectivity index (χ1) is 11.1. The predicted octanol–water partition coefficient (Wildman–Crippen LogP) is 4.60. The van der Waals surface area contributed by atoms with Crippen LogP contribution in [0.25, 0.3) is 0 Å². The highest BCUT2D eigenvalue weighted by Gasteiger charge is 2.07. The Balaban J connectivity index is 1.84. The molecule has 2 N–H and O–H groups in total. The molecule has 122 valence electrons. The molecule has 0 saturated heterocycles. The molecule has 2 aromatic rings. The van der Waals surface area contributed by atoms with Gasteiger partial charge in [-0.3, -0.25) is 4.79 Å². The van der Waals surface area contributed by atoms with E-state index in [1.165, 1.54) is 5.56 Å². The molecule has 1 amide bonds. The second-order valence-corrected chi connectivity index (χ2v) is 5.97. The van der Waals surface area contributed by atoms with Crippen molar-refractivity contribution in [2.45, 2.75) is 20.3 Å². The maximum atomic E-state index is 12.1. The first-order valence-corrected chi connectivity index (χ1v) is 8.41. The average molecular weight is 377 g/mol. The van der Waals surface area contributed by atoms with E-state index in [0.717, 1.165) is 10.2 Å². The van der Waals surface area contributed by atoms with Crippen LogP contribution in [0.1, 0.15) is 18.9 Å². The zero-order valence-electron chi connectivity index (χ0n) is 13.4. The number of halogens is 1. The molecule has 0 aliphatic heterocycles. The molecular weight excluding hydrogens is 356 g/mol. The van der Waals surface area contributed by atoms with E-state index in [1.54, 1.807) is 0 Å². The summed E-state index contributed by atoms with van der Waals surface area (Å²) in [5, 5.41) is 6.14. The summed E-state index contributed by atoms with van der Waals surface area (Å²) in [4.78, 5) is 12.1. The molecule has 0 unspecified atom stereocenters. The van der Waals surface area contributed by atoms with Gasteiger partial charge in [0.05, 0.1) is 12.3 Å². The van der Waals surface area contributed by atoms with E-state index in [2.05, 4.69) is 26.6 Å². The molecule has 5 heteroatoms. The molecule has 0 aromatic heterocycles. The molecule has 0 fully saturated rings. The zero-order valence-corrected chi connectivity index (χ0v) is 14.9. The summed E-state index contributed by atoms with van der Waals surface area (Å²) in [6.07, 6.45) is 0.381. The van der Waals surface area contributed by atoms with Crippen LogP contribution in [-0.2, 0) is 4.79 Å². The van der Waals surface area contributed by atoms with Gasteiger partial charge < -0.3 is 15.4 Å². The molecule has 0 aliphatic carbocycles. The van der Waals surface area contributed by atoms with Crippen LogP contribution in [0.3, 0.4) is 0 Å². The number of amides is 1. The van der Waals surface area contributed by atoms with Crippen molar-refractivity contribution in [2.75, 3.05) is 23.8 Å². The fourth-order valence-electron chi connectivity index (χ4n) is 2.09. The van der Waals surface area contributed by atoms with Gasteiger partial charge in [-0.2, -0.15) is 0 Å². The van der Waals surface area contributed by atoms with E-state index in [9.17, 15) is 4.79 Å². The first kappa shape index (κ1) is 17.3. The van der Waals surface area contributed by atoms with Crippen molar-refractivity contribution < 1.29 is 9.53 Å². The summed E-state index contributed by atoms with van der Waals surface area (Å²) in [6, 6.07) is 13.5. The molecule has 0 bridgehead atoms. The molecule has 0 radical (unpaired) electrons. The number of para-hydroxylation sites is 2. The van der Waals surface area contributed by atoms with Gasteiger partial charge in [0.25, 0.3) is 0 Å². The highest BCUT2D eigenvalue weighted by atomic mass is 79.9. The van der Waals surface area contributed by atoms with Crippen LogP contribution in [-0.4, -0.2) is 19.1 Å². The van der Waals surface area contributed by atoms with E-state index >= 15 is 0 Å². The smallest absolute Gasteiger partial charge is 0.226 e. The number of benzene rings is 2. The van der Waals surface area contributed by atoms with E-state index < -0.39 is 0 Å². The quantitative estimate of drug-likeness (QED) is 0.742. The predicted molar refractivity (Wildman–Crippen MR) is 98.2 cm³/mol. The van der Waals surface area contributed by atoms with Gasteiger partial charge in [-0.1, -0.05) is 34.1 Å². The normalized spacial score (nSPS) is 10.2. The maximum absolute atomic E-state index is 12.1. The van der Waals surface area contributed by atoms with Gasteiger partial charge in [-0.15, -0.1) is 0 Å². The van der Waals surface area contributed by atoms with Crippen molar-refractivity contribution in [3.8, 4) is 5.75 Å². The number of hydrogen-bond donors (Lipinski definition) is 2. The molecule has 2 rings (SSSR count). The second-order valence-electron chi connectivity index (χ2n) is 5.12. The van der Waals surface area contributed by atoms with Crippen LogP contribution in [0, 0.1) is 6.92 Å². The number of rotatable bonds is 7. The number of ether oxygens (including phenoxy) is 1. The van der Waals surface area contributed by atoms with Gasteiger partial charge in [-0.25, -0.2) is 0 Å². The summed E-state index contributed by atoms with van der Waals surface area (Å²) in [6.45, 7) is 5.09. The van der Waals surface area contributed by atoms with Crippen molar-refractivity contribution in [3.63, 3.8) is 0 Å². The molecule has 0 heterocycles. The zero-order chi connectivity index (χ0) is 16.7. The van der Waals surface area contributed by atoms with Gasteiger partial charge in [-0.05, 0) is 43.7 Å². The Morgan fingerprint density at radius 3 is 2.74 bits per heavy atom. The van der Waals surface area contributed by atoms with Crippen molar-refractivity contribution >= 4 is 33.2 Å². The highest BCUT2D eigenvalue weighted by molar-refractivity contribution is 9.10. The summed E-state index contributed by atoms with van der Waals surface area (Å²) < 4.78 is 6.55. The lowest BCUT2D eigenvalue weighted by molar-refractivity contribution is -0.116. The topological polar surface area (TPSA) is 50.4 Å². The summed E-state index contributed by atoms with van der Waals surface area (Å²) in [5.74, 6) is 0.648. The monoisotopic (exact) mass is 376 g/mol. The summed E-state index contributed by atoms with van der Waals surface area (Å²) in [7, 11) is 0. The highest BCUT2D eigenvalue weighted by Crippen LogP contribution is 2.24. The number of carbonyl (C=O) groups excluding carboxylic acids is 1. The maximum Gasteiger partial charge on any atom is 0.226 e. The van der Waals surface area contributed by atoms with Gasteiger partial charge in [0.2, 0.25) is 5.91 Å². The number of hydrogen-bond acceptors (Lipinski definition) is 3. The Morgan fingerprint density at radius 1 is 1.22 bits per heavy atom. The van der Waals surface area contributed by atoms with Crippen LogP contribution < -0.4 is 15.4 Å². The van der Waals surface area contributed by atoms with Crippen LogP contribution in [0.15, 0.2) is 46.9 Å². The number of nitrogens with one attached hydrogen (secondary N) is 2. The van der Waals surface area contributed by atoms with Gasteiger partial charge >= 0.3 is 0 Å².